The zero-order valence-corrected chi connectivity index (χ0v) is 12.4. The average molecular weight is 303 g/mol. The number of aromatic nitrogens is 1. The Kier molecular flexibility index (Phi) is 4.33. The van der Waals surface area contributed by atoms with E-state index in [1.807, 2.05) is 13.8 Å². The summed E-state index contributed by atoms with van der Waals surface area (Å²) in [5, 5.41) is 3.48. The molecule has 2 heterocycles. The van der Waals surface area contributed by atoms with Gasteiger partial charge in [-0.25, -0.2) is 0 Å². The van der Waals surface area contributed by atoms with Gasteiger partial charge in [-0.15, -0.1) is 0 Å². The lowest BCUT2D eigenvalue weighted by molar-refractivity contribution is -0.0615. The van der Waals surface area contributed by atoms with Crippen molar-refractivity contribution in [3.63, 3.8) is 0 Å². The van der Waals surface area contributed by atoms with Crippen LogP contribution in [0.4, 0.5) is 0 Å². The van der Waals surface area contributed by atoms with Crippen LogP contribution in [0.5, 0.6) is 0 Å². The van der Waals surface area contributed by atoms with Crippen LogP contribution in [0.25, 0.3) is 0 Å². The number of halogens is 2. The van der Waals surface area contributed by atoms with Gasteiger partial charge in [-0.1, -0.05) is 23.2 Å². The minimum Gasteiger partial charge on any atom is -0.375 e. The third-order valence-electron chi connectivity index (χ3n) is 3.11. The summed E-state index contributed by atoms with van der Waals surface area (Å²) in [6.45, 7) is 4.66. The van der Waals surface area contributed by atoms with Crippen LogP contribution in [0.15, 0.2) is 12.4 Å². The fraction of sp³-hybridized carbons (Fsp3) is 0.538. The normalized spacial score (nSPS) is 22.0. The van der Waals surface area contributed by atoms with Gasteiger partial charge in [0.2, 0.25) is 0 Å². The van der Waals surface area contributed by atoms with Crippen LogP contribution >= 0.6 is 23.2 Å². The lowest BCUT2D eigenvalue weighted by Gasteiger charge is -2.35. The lowest BCUT2D eigenvalue weighted by Crippen LogP contribution is -2.45. The Hall–Kier alpha value is -0.840. The standard InChI is InChI=1S/C13H16Cl2N2O2/c1-13(2)5-8(3-4-19-13)17-12(18)11-9(14)6-16-7-10(11)15/h6-8H,3-5H2,1-2H3,(H,17,18). The van der Waals surface area contributed by atoms with E-state index in [1.54, 1.807) is 0 Å². The number of hydrogen-bond donors (Lipinski definition) is 1. The highest BCUT2D eigenvalue weighted by atomic mass is 35.5. The van der Waals surface area contributed by atoms with Crippen LogP contribution < -0.4 is 5.32 Å². The molecule has 4 nitrogen and oxygen atoms in total. The maximum Gasteiger partial charge on any atom is 0.254 e. The molecule has 1 aliphatic rings. The molecule has 1 aromatic rings. The summed E-state index contributed by atoms with van der Waals surface area (Å²) < 4.78 is 5.62. The third-order valence-corrected chi connectivity index (χ3v) is 3.69. The van der Waals surface area contributed by atoms with Gasteiger partial charge < -0.3 is 10.1 Å². The first kappa shape index (κ1) is 14.6. The Morgan fingerprint density at radius 2 is 2.05 bits per heavy atom. The van der Waals surface area contributed by atoms with Gasteiger partial charge in [0.25, 0.3) is 5.91 Å². The molecule has 0 radical (unpaired) electrons. The van der Waals surface area contributed by atoms with E-state index in [-0.39, 0.29) is 33.2 Å². The molecular formula is C13H16Cl2N2O2. The van der Waals surface area contributed by atoms with Gasteiger partial charge in [0.05, 0.1) is 21.2 Å². The van der Waals surface area contributed by atoms with Crippen LogP contribution in [-0.4, -0.2) is 29.1 Å². The maximum absolute atomic E-state index is 12.2. The fourth-order valence-corrected chi connectivity index (χ4v) is 2.78. The lowest BCUT2D eigenvalue weighted by atomic mass is 9.94. The van der Waals surface area contributed by atoms with Crippen LogP contribution in [0.3, 0.4) is 0 Å². The predicted octanol–water partition coefficient (Wildman–Crippen LogP) is 3.08. The minimum atomic E-state index is -0.264. The van der Waals surface area contributed by atoms with Gasteiger partial charge in [0.15, 0.2) is 0 Å². The number of carbonyl (C=O) groups is 1. The quantitative estimate of drug-likeness (QED) is 0.913. The van der Waals surface area contributed by atoms with E-state index in [4.69, 9.17) is 27.9 Å². The number of hydrogen-bond acceptors (Lipinski definition) is 3. The molecule has 104 valence electrons. The SMILES string of the molecule is CC1(C)CC(NC(=O)c2c(Cl)cncc2Cl)CCO1. The first-order valence-corrected chi connectivity index (χ1v) is 6.88. The third kappa shape index (κ3) is 3.59. The smallest absolute Gasteiger partial charge is 0.254 e. The Morgan fingerprint density at radius 3 is 2.63 bits per heavy atom. The van der Waals surface area contributed by atoms with Crippen molar-refractivity contribution in [1.29, 1.82) is 0 Å². The molecule has 1 unspecified atom stereocenters. The van der Waals surface area contributed by atoms with E-state index < -0.39 is 0 Å². The maximum atomic E-state index is 12.2. The van der Waals surface area contributed by atoms with Crippen molar-refractivity contribution in [2.45, 2.75) is 38.3 Å². The molecule has 0 aliphatic carbocycles. The zero-order chi connectivity index (χ0) is 14.0. The number of nitrogens with zero attached hydrogens (tertiary/aromatic N) is 1. The average Bonchev–Trinajstić information content (AvgIpc) is 2.27. The number of amides is 1. The number of rotatable bonds is 2. The molecule has 1 atom stereocenters. The number of ether oxygens (including phenoxy) is 1. The highest BCUT2D eigenvalue weighted by molar-refractivity contribution is 6.39. The molecule has 1 fully saturated rings. The van der Waals surface area contributed by atoms with Crippen LogP contribution in [0.2, 0.25) is 10.0 Å². The van der Waals surface area contributed by atoms with E-state index in [1.165, 1.54) is 12.4 Å². The first-order chi connectivity index (χ1) is 8.89. The number of nitrogens with one attached hydrogen (secondary N) is 1. The molecule has 0 spiro atoms. The van der Waals surface area contributed by atoms with E-state index in [0.29, 0.717) is 6.61 Å². The number of carbonyl (C=O) groups excluding carboxylic acids is 1. The van der Waals surface area contributed by atoms with Crippen molar-refractivity contribution in [2.75, 3.05) is 6.61 Å². The van der Waals surface area contributed by atoms with Gasteiger partial charge in [-0.3, -0.25) is 9.78 Å². The molecule has 2 rings (SSSR count). The highest BCUT2D eigenvalue weighted by Crippen LogP contribution is 2.26. The molecule has 6 heteroatoms. The molecule has 1 N–H and O–H groups in total. The van der Waals surface area contributed by atoms with Crippen molar-refractivity contribution < 1.29 is 9.53 Å². The predicted molar refractivity (Wildman–Crippen MR) is 74.8 cm³/mol. The molecule has 1 amide bonds. The van der Waals surface area contributed by atoms with E-state index in [0.717, 1.165) is 12.8 Å². The van der Waals surface area contributed by atoms with E-state index in [2.05, 4.69) is 10.3 Å². The van der Waals surface area contributed by atoms with Gasteiger partial charge >= 0.3 is 0 Å². The second kappa shape index (κ2) is 5.65. The zero-order valence-electron chi connectivity index (χ0n) is 10.9. The molecule has 1 aromatic heterocycles. The van der Waals surface area contributed by atoms with Gasteiger partial charge in [-0.05, 0) is 26.7 Å². The number of pyridine rings is 1. The largest absolute Gasteiger partial charge is 0.375 e. The van der Waals surface area contributed by atoms with Gasteiger partial charge in [0, 0.05) is 25.0 Å². The summed E-state index contributed by atoms with van der Waals surface area (Å²) in [6.07, 6.45) is 4.38. The minimum absolute atomic E-state index is 0.0662. The molecule has 0 saturated carbocycles. The van der Waals surface area contributed by atoms with E-state index >= 15 is 0 Å². The summed E-state index contributed by atoms with van der Waals surface area (Å²) >= 11 is 11.9. The van der Waals surface area contributed by atoms with Crippen LogP contribution in [-0.2, 0) is 4.74 Å². The summed E-state index contributed by atoms with van der Waals surface area (Å²) in [7, 11) is 0. The Morgan fingerprint density at radius 1 is 1.42 bits per heavy atom. The Balaban J connectivity index is 2.09. The van der Waals surface area contributed by atoms with Crippen molar-refractivity contribution in [3.05, 3.63) is 28.0 Å². The topological polar surface area (TPSA) is 51.2 Å². The molecule has 1 saturated heterocycles. The van der Waals surface area contributed by atoms with Crippen molar-refractivity contribution in [3.8, 4) is 0 Å². The Labute approximate surface area is 122 Å². The second-order valence-corrected chi connectivity index (χ2v) is 6.06. The van der Waals surface area contributed by atoms with Crippen LogP contribution in [0.1, 0.15) is 37.0 Å². The van der Waals surface area contributed by atoms with E-state index in [9.17, 15) is 4.79 Å². The molecule has 1 aliphatic heterocycles. The van der Waals surface area contributed by atoms with Crippen molar-refractivity contribution in [2.24, 2.45) is 0 Å². The fourth-order valence-electron chi connectivity index (χ4n) is 2.24. The molecule has 0 bridgehead atoms. The summed E-state index contributed by atoms with van der Waals surface area (Å²) in [5.74, 6) is -0.264. The van der Waals surface area contributed by atoms with Gasteiger partial charge in [0.1, 0.15) is 0 Å². The highest BCUT2D eigenvalue weighted by Gasteiger charge is 2.30. The van der Waals surface area contributed by atoms with Crippen molar-refractivity contribution in [1.82, 2.24) is 10.3 Å². The van der Waals surface area contributed by atoms with Gasteiger partial charge in [-0.2, -0.15) is 0 Å². The monoisotopic (exact) mass is 302 g/mol. The summed E-state index contributed by atoms with van der Waals surface area (Å²) in [6, 6.07) is 0.0662. The van der Waals surface area contributed by atoms with Crippen molar-refractivity contribution >= 4 is 29.1 Å². The molecule has 0 aromatic carbocycles. The Bertz CT molecular complexity index is 471. The second-order valence-electron chi connectivity index (χ2n) is 5.25. The first-order valence-electron chi connectivity index (χ1n) is 6.13. The van der Waals surface area contributed by atoms with Crippen LogP contribution in [0, 0.1) is 0 Å². The molecular weight excluding hydrogens is 287 g/mol. The summed E-state index contributed by atoms with van der Waals surface area (Å²) in [5.41, 5.74) is 0.0600. The molecule has 19 heavy (non-hydrogen) atoms. The summed E-state index contributed by atoms with van der Waals surface area (Å²) in [4.78, 5) is 16.0.